The van der Waals surface area contributed by atoms with Crippen molar-refractivity contribution in [1.29, 1.82) is 0 Å². The molecule has 0 radical (unpaired) electrons. The maximum atomic E-state index is 13.5. The Morgan fingerprint density at radius 2 is 1.88 bits per heavy atom. The second-order valence-corrected chi connectivity index (χ2v) is 5.95. The van der Waals surface area contributed by atoms with E-state index in [1.165, 1.54) is 18.6 Å². The van der Waals surface area contributed by atoms with Crippen LogP contribution in [0.15, 0.2) is 47.3 Å². The topological polar surface area (TPSA) is 65.8 Å². The Morgan fingerprint density at radius 1 is 1.12 bits per heavy atom. The number of halogens is 1. The number of benzene rings is 1. The molecule has 0 saturated carbocycles. The minimum Gasteiger partial charge on any atom is -0.472 e. The molecule has 6 nitrogen and oxygen atoms in total. The summed E-state index contributed by atoms with van der Waals surface area (Å²) < 4.78 is 18.5. The van der Waals surface area contributed by atoms with Gasteiger partial charge in [-0.3, -0.25) is 14.5 Å². The molecular formula is C18H20FN3O3. The smallest absolute Gasteiger partial charge is 0.257 e. The van der Waals surface area contributed by atoms with E-state index < -0.39 is 0 Å². The Kier molecular flexibility index (Phi) is 5.45. The van der Waals surface area contributed by atoms with Crippen LogP contribution < -0.4 is 5.32 Å². The summed E-state index contributed by atoms with van der Waals surface area (Å²) in [5.74, 6) is -0.538. The Morgan fingerprint density at radius 3 is 2.56 bits per heavy atom. The Hall–Kier alpha value is -2.67. The van der Waals surface area contributed by atoms with Crippen LogP contribution in [0.25, 0.3) is 0 Å². The highest BCUT2D eigenvalue weighted by molar-refractivity contribution is 5.93. The first-order valence-electron chi connectivity index (χ1n) is 8.17. The summed E-state index contributed by atoms with van der Waals surface area (Å²) in [5, 5.41) is 2.73. The second kappa shape index (κ2) is 7.94. The molecule has 1 saturated heterocycles. The normalized spacial score (nSPS) is 15.2. The maximum Gasteiger partial charge on any atom is 0.257 e. The predicted molar refractivity (Wildman–Crippen MR) is 89.3 cm³/mol. The number of rotatable bonds is 5. The summed E-state index contributed by atoms with van der Waals surface area (Å²) >= 11 is 0. The van der Waals surface area contributed by atoms with Crippen molar-refractivity contribution in [3.63, 3.8) is 0 Å². The van der Waals surface area contributed by atoms with Crippen molar-refractivity contribution in [2.45, 2.75) is 6.54 Å². The second-order valence-electron chi connectivity index (χ2n) is 5.95. The molecule has 1 aliphatic rings. The van der Waals surface area contributed by atoms with Gasteiger partial charge in [0.2, 0.25) is 5.91 Å². The summed E-state index contributed by atoms with van der Waals surface area (Å²) in [7, 11) is 0. The first-order valence-corrected chi connectivity index (χ1v) is 8.17. The molecule has 0 unspecified atom stereocenters. The van der Waals surface area contributed by atoms with Crippen LogP contribution in [0.4, 0.5) is 4.39 Å². The number of carbonyl (C=O) groups is 2. The number of carbonyl (C=O) groups excluding carboxylic acids is 2. The average Bonchev–Trinajstić information content (AvgIpc) is 3.16. The summed E-state index contributed by atoms with van der Waals surface area (Å²) in [4.78, 5) is 28.0. The van der Waals surface area contributed by atoms with E-state index in [-0.39, 0.29) is 30.7 Å². The van der Waals surface area contributed by atoms with Crippen LogP contribution in [0.2, 0.25) is 0 Å². The van der Waals surface area contributed by atoms with Crippen molar-refractivity contribution in [3.05, 3.63) is 59.8 Å². The van der Waals surface area contributed by atoms with E-state index in [4.69, 9.17) is 4.42 Å². The molecule has 2 amide bonds. The van der Waals surface area contributed by atoms with Gasteiger partial charge in [0.1, 0.15) is 12.1 Å². The number of piperazine rings is 1. The van der Waals surface area contributed by atoms with Crippen LogP contribution in [0.3, 0.4) is 0 Å². The van der Waals surface area contributed by atoms with E-state index in [0.29, 0.717) is 37.3 Å². The highest BCUT2D eigenvalue weighted by atomic mass is 19.1. The lowest BCUT2D eigenvalue weighted by Gasteiger charge is -2.34. The first-order chi connectivity index (χ1) is 12.1. The van der Waals surface area contributed by atoms with Crippen molar-refractivity contribution >= 4 is 11.8 Å². The van der Waals surface area contributed by atoms with Gasteiger partial charge in [-0.05, 0) is 12.1 Å². The molecule has 0 spiro atoms. The van der Waals surface area contributed by atoms with E-state index in [1.807, 2.05) is 4.90 Å². The fourth-order valence-electron chi connectivity index (χ4n) is 2.77. The highest BCUT2D eigenvalue weighted by Crippen LogP contribution is 2.09. The van der Waals surface area contributed by atoms with Crippen LogP contribution in [0.5, 0.6) is 0 Å². The van der Waals surface area contributed by atoms with Crippen LogP contribution in [-0.2, 0) is 11.3 Å². The molecule has 2 heterocycles. The number of hydrogen-bond donors (Lipinski definition) is 1. The van der Waals surface area contributed by atoms with Gasteiger partial charge in [-0.1, -0.05) is 18.2 Å². The third kappa shape index (κ3) is 4.45. The van der Waals surface area contributed by atoms with E-state index in [0.717, 1.165) is 0 Å². The first kappa shape index (κ1) is 17.2. The van der Waals surface area contributed by atoms with Gasteiger partial charge in [0, 0.05) is 38.3 Å². The summed E-state index contributed by atoms with van der Waals surface area (Å²) in [6.45, 7) is 2.77. The molecule has 0 atom stereocenters. The number of hydrogen-bond acceptors (Lipinski definition) is 4. The van der Waals surface area contributed by atoms with Gasteiger partial charge >= 0.3 is 0 Å². The van der Waals surface area contributed by atoms with Crippen LogP contribution in [-0.4, -0.2) is 54.3 Å². The lowest BCUT2D eigenvalue weighted by atomic mass is 10.2. The zero-order valence-corrected chi connectivity index (χ0v) is 13.8. The van der Waals surface area contributed by atoms with Gasteiger partial charge in [-0.15, -0.1) is 0 Å². The Labute approximate surface area is 145 Å². The lowest BCUT2D eigenvalue weighted by molar-refractivity contribution is -0.122. The van der Waals surface area contributed by atoms with E-state index in [2.05, 4.69) is 5.32 Å². The summed E-state index contributed by atoms with van der Waals surface area (Å²) in [5.41, 5.74) is 1.00. The van der Waals surface area contributed by atoms with Gasteiger partial charge in [0.05, 0.1) is 18.4 Å². The van der Waals surface area contributed by atoms with E-state index in [9.17, 15) is 14.0 Å². The Balaban J connectivity index is 1.42. The SMILES string of the molecule is O=C(CN1CCN(C(=O)c2ccoc2)CC1)NCc1ccccc1F. The van der Waals surface area contributed by atoms with Crippen LogP contribution >= 0.6 is 0 Å². The molecule has 3 rings (SSSR count). The molecule has 0 bridgehead atoms. The minimum absolute atomic E-state index is 0.0580. The molecule has 25 heavy (non-hydrogen) atoms. The number of nitrogens with one attached hydrogen (secondary N) is 1. The standard InChI is InChI=1S/C18H20FN3O3/c19-16-4-2-1-3-14(16)11-20-17(23)12-21-6-8-22(9-7-21)18(24)15-5-10-25-13-15/h1-5,10,13H,6-9,11-12H2,(H,20,23). The average molecular weight is 345 g/mol. The zero-order chi connectivity index (χ0) is 17.6. The van der Waals surface area contributed by atoms with Crippen molar-refractivity contribution < 1.29 is 18.4 Å². The third-order valence-corrected chi connectivity index (χ3v) is 4.23. The monoisotopic (exact) mass is 345 g/mol. The van der Waals surface area contributed by atoms with E-state index in [1.54, 1.807) is 29.2 Å². The molecule has 7 heteroatoms. The molecule has 1 fully saturated rings. The van der Waals surface area contributed by atoms with Gasteiger partial charge in [0.15, 0.2) is 0 Å². The highest BCUT2D eigenvalue weighted by Gasteiger charge is 2.23. The van der Waals surface area contributed by atoms with Crippen LogP contribution in [0.1, 0.15) is 15.9 Å². The molecule has 132 valence electrons. The molecule has 2 aromatic rings. The molecular weight excluding hydrogens is 325 g/mol. The quantitative estimate of drug-likeness (QED) is 0.892. The summed E-state index contributed by atoms with van der Waals surface area (Å²) in [6.07, 6.45) is 2.91. The molecule has 1 aliphatic heterocycles. The van der Waals surface area contributed by atoms with E-state index >= 15 is 0 Å². The fourth-order valence-corrected chi connectivity index (χ4v) is 2.77. The predicted octanol–water partition coefficient (Wildman–Crippen LogP) is 1.49. The maximum absolute atomic E-state index is 13.5. The number of furan rings is 1. The zero-order valence-electron chi connectivity index (χ0n) is 13.8. The van der Waals surface area contributed by atoms with Gasteiger partial charge in [-0.25, -0.2) is 4.39 Å². The fraction of sp³-hybridized carbons (Fsp3) is 0.333. The van der Waals surface area contributed by atoms with Crippen molar-refractivity contribution in [3.8, 4) is 0 Å². The number of amides is 2. The minimum atomic E-state index is -0.325. The summed E-state index contributed by atoms with van der Waals surface area (Å²) in [6, 6.07) is 8.02. The van der Waals surface area contributed by atoms with Crippen molar-refractivity contribution in [2.75, 3.05) is 32.7 Å². The van der Waals surface area contributed by atoms with Gasteiger partial charge < -0.3 is 14.6 Å². The van der Waals surface area contributed by atoms with Crippen molar-refractivity contribution in [1.82, 2.24) is 15.1 Å². The molecule has 0 aliphatic carbocycles. The Bertz CT molecular complexity index is 725. The lowest BCUT2D eigenvalue weighted by Crippen LogP contribution is -2.51. The van der Waals surface area contributed by atoms with Gasteiger partial charge in [0.25, 0.3) is 5.91 Å². The molecule has 1 aromatic carbocycles. The molecule has 1 aromatic heterocycles. The molecule has 1 N–H and O–H groups in total. The third-order valence-electron chi connectivity index (χ3n) is 4.23. The van der Waals surface area contributed by atoms with Gasteiger partial charge in [-0.2, -0.15) is 0 Å². The largest absolute Gasteiger partial charge is 0.472 e. The number of nitrogens with zero attached hydrogens (tertiary/aromatic N) is 2. The van der Waals surface area contributed by atoms with Crippen molar-refractivity contribution in [2.24, 2.45) is 0 Å². The van der Waals surface area contributed by atoms with Crippen LogP contribution in [0, 0.1) is 5.82 Å².